The molecule has 0 fully saturated rings. The van der Waals surface area contributed by atoms with E-state index in [9.17, 15) is 0 Å². The second kappa shape index (κ2) is 10.2. The minimum absolute atomic E-state index is 0.898. The van der Waals surface area contributed by atoms with E-state index in [-0.39, 0.29) is 0 Å². The summed E-state index contributed by atoms with van der Waals surface area (Å²) in [5.74, 6) is 0. The summed E-state index contributed by atoms with van der Waals surface area (Å²) in [5.41, 5.74) is 8.42. The highest BCUT2D eigenvalue weighted by molar-refractivity contribution is 6.35. The number of para-hydroxylation sites is 1. The van der Waals surface area contributed by atoms with Crippen molar-refractivity contribution in [3.8, 4) is 22.3 Å². The van der Waals surface area contributed by atoms with Crippen molar-refractivity contribution in [1.29, 1.82) is 0 Å². The Morgan fingerprint density at radius 2 is 0.759 bits per heavy atom. The lowest BCUT2D eigenvalue weighted by atomic mass is 9.89. The number of rotatable bonds is 2. The zero-order valence-corrected chi connectivity index (χ0v) is 29.0. The van der Waals surface area contributed by atoms with E-state index in [1.807, 2.05) is 6.07 Å². The van der Waals surface area contributed by atoms with E-state index in [1.165, 1.54) is 92.3 Å². The van der Waals surface area contributed by atoms with Gasteiger partial charge in [0.1, 0.15) is 22.3 Å². The maximum absolute atomic E-state index is 6.44. The first kappa shape index (κ1) is 28.4. The van der Waals surface area contributed by atoms with Crippen LogP contribution in [0.15, 0.2) is 179 Å². The zero-order valence-electron chi connectivity index (χ0n) is 29.0. The highest BCUT2D eigenvalue weighted by Gasteiger charge is 2.18. The summed E-state index contributed by atoms with van der Waals surface area (Å²) < 4.78 is 12.8. The van der Waals surface area contributed by atoms with Gasteiger partial charge in [-0.05, 0) is 130 Å². The summed E-state index contributed by atoms with van der Waals surface area (Å²) in [7, 11) is 0. The molecule has 0 unspecified atom stereocenters. The SMILES string of the molecule is c1cc2ccc3ccc(-c4ccc5oc6ccc(-c7ccc8c(c7)c7ccccc7c7c8ccc8oc9ccccc9c87)cc6c5c4)c4ccc(c1)c2c34. The van der Waals surface area contributed by atoms with Gasteiger partial charge < -0.3 is 8.83 Å². The van der Waals surface area contributed by atoms with Gasteiger partial charge in [0.25, 0.3) is 0 Å². The largest absolute Gasteiger partial charge is 0.456 e. The Hall–Kier alpha value is -7.16. The average Bonchev–Trinajstić information content (AvgIpc) is 3.80. The number of hydrogen-bond donors (Lipinski definition) is 0. The topological polar surface area (TPSA) is 26.3 Å². The van der Waals surface area contributed by atoms with Gasteiger partial charge in [-0.15, -0.1) is 0 Å². The van der Waals surface area contributed by atoms with Gasteiger partial charge in [-0.2, -0.15) is 0 Å². The molecule has 0 bridgehead atoms. The van der Waals surface area contributed by atoms with Gasteiger partial charge >= 0.3 is 0 Å². The molecule has 13 aromatic rings. The molecule has 0 radical (unpaired) electrons. The Labute approximate surface area is 308 Å². The molecule has 248 valence electrons. The third-order valence-corrected chi connectivity index (χ3v) is 12.0. The molecule has 13 rings (SSSR count). The summed E-state index contributed by atoms with van der Waals surface area (Å²) in [6.07, 6.45) is 0. The van der Waals surface area contributed by atoms with Crippen molar-refractivity contribution in [2.24, 2.45) is 0 Å². The molecule has 0 aliphatic heterocycles. The van der Waals surface area contributed by atoms with Crippen LogP contribution >= 0.6 is 0 Å². The molecule has 0 saturated carbocycles. The second-order valence-electron chi connectivity index (χ2n) is 14.8. The third kappa shape index (κ3) is 3.74. The van der Waals surface area contributed by atoms with Crippen molar-refractivity contribution in [1.82, 2.24) is 0 Å². The second-order valence-corrected chi connectivity index (χ2v) is 14.8. The number of benzene rings is 11. The molecular formula is C52H28O2. The van der Waals surface area contributed by atoms with Crippen LogP contribution in [0.2, 0.25) is 0 Å². The fourth-order valence-electron chi connectivity index (χ4n) is 9.55. The van der Waals surface area contributed by atoms with Gasteiger partial charge in [-0.25, -0.2) is 0 Å². The first-order valence-electron chi connectivity index (χ1n) is 18.6. The molecule has 11 aromatic carbocycles. The minimum Gasteiger partial charge on any atom is -0.456 e. The molecule has 2 nitrogen and oxygen atoms in total. The van der Waals surface area contributed by atoms with Gasteiger partial charge in [-0.1, -0.05) is 121 Å². The zero-order chi connectivity index (χ0) is 35.1. The molecule has 2 heterocycles. The van der Waals surface area contributed by atoms with Gasteiger partial charge in [0.15, 0.2) is 0 Å². The first-order valence-corrected chi connectivity index (χ1v) is 18.6. The molecule has 0 aliphatic carbocycles. The van der Waals surface area contributed by atoms with Crippen LogP contribution in [0.5, 0.6) is 0 Å². The molecule has 0 saturated heterocycles. The fourth-order valence-corrected chi connectivity index (χ4v) is 9.55. The van der Waals surface area contributed by atoms with E-state index in [0.29, 0.717) is 0 Å². The Morgan fingerprint density at radius 1 is 0.241 bits per heavy atom. The highest BCUT2D eigenvalue weighted by atomic mass is 16.3. The highest BCUT2D eigenvalue weighted by Crippen LogP contribution is 2.45. The molecule has 0 aliphatic rings. The Balaban J connectivity index is 1.00. The lowest BCUT2D eigenvalue weighted by Gasteiger charge is -2.14. The van der Waals surface area contributed by atoms with Crippen LogP contribution in [0, 0.1) is 0 Å². The molecule has 2 heteroatoms. The lowest BCUT2D eigenvalue weighted by Crippen LogP contribution is -1.87. The summed E-state index contributed by atoms with van der Waals surface area (Å²) >= 11 is 0. The Bertz CT molecular complexity index is 3690. The van der Waals surface area contributed by atoms with Crippen LogP contribution in [0.1, 0.15) is 0 Å². The molecule has 2 aromatic heterocycles. The molecule has 0 amide bonds. The van der Waals surface area contributed by atoms with Crippen molar-refractivity contribution in [3.63, 3.8) is 0 Å². The average molecular weight is 685 g/mol. The molecule has 54 heavy (non-hydrogen) atoms. The summed E-state index contributed by atoms with van der Waals surface area (Å²) in [6, 6.07) is 62.0. The molecule has 0 atom stereocenters. The van der Waals surface area contributed by atoms with Crippen molar-refractivity contribution in [2.45, 2.75) is 0 Å². The number of fused-ring (bicyclic) bond motifs is 13. The molecule has 0 N–H and O–H groups in total. The van der Waals surface area contributed by atoms with Gasteiger partial charge in [-0.3, -0.25) is 0 Å². The van der Waals surface area contributed by atoms with E-state index in [0.717, 1.165) is 38.5 Å². The van der Waals surface area contributed by atoms with E-state index in [4.69, 9.17) is 8.83 Å². The van der Waals surface area contributed by atoms with Crippen LogP contribution in [0.25, 0.3) is 131 Å². The first-order chi connectivity index (χ1) is 26.7. The van der Waals surface area contributed by atoms with E-state index >= 15 is 0 Å². The number of hydrogen-bond acceptors (Lipinski definition) is 2. The molecule has 0 spiro atoms. The predicted octanol–water partition coefficient (Wildman–Crippen LogP) is 15.2. The van der Waals surface area contributed by atoms with Gasteiger partial charge in [0, 0.05) is 26.9 Å². The van der Waals surface area contributed by atoms with Crippen LogP contribution in [-0.2, 0) is 0 Å². The smallest absolute Gasteiger partial charge is 0.136 e. The van der Waals surface area contributed by atoms with Crippen LogP contribution in [0.3, 0.4) is 0 Å². The normalized spacial score (nSPS) is 12.4. The maximum atomic E-state index is 6.44. The summed E-state index contributed by atoms with van der Waals surface area (Å²) in [4.78, 5) is 0. The van der Waals surface area contributed by atoms with Crippen LogP contribution in [0.4, 0.5) is 0 Å². The molecular weight excluding hydrogens is 657 g/mol. The third-order valence-electron chi connectivity index (χ3n) is 12.0. The van der Waals surface area contributed by atoms with Gasteiger partial charge in [0.05, 0.1) is 0 Å². The van der Waals surface area contributed by atoms with Gasteiger partial charge in [0.2, 0.25) is 0 Å². The van der Waals surface area contributed by atoms with Crippen LogP contribution < -0.4 is 0 Å². The predicted molar refractivity (Wildman–Crippen MR) is 228 cm³/mol. The monoisotopic (exact) mass is 684 g/mol. The van der Waals surface area contributed by atoms with E-state index < -0.39 is 0 Å². The van der Waals surface area contributed by atoms with Crippen molar-refractivity contribution in [3.05, 3.63) is 170 Å². The fraction of sp³-hybridized carbons (Fsp3) is 0. The maximum Gasteiger partial charge on any atom is 0.136 e. The minimum atomic E-state index is 0.898. The standard InChI is InChI=1S/C52H28O2/c1-2-9-38-36(8-1)42-26-32(16-20-37(42)40-22-25-48-52(51(38)40)41-10-3-4-11-45(41)54-48)33-17-23-46-43(27-33)44-28-34(18-24-47(44)53-46)35-19-14-31-13-12-29-6-5-7-30-15-21-39(35)50(31)49(29)30/h1-28H. The Kier molecular flexibility index (Phi) is 5.39. The van der Waals surface area contributed by atoms with Crippen LogP contribution in [-0.4, -0.2) is 0 Å². The van der Waals surface area contributed by atoms with Crippen molar-refractivity contribution in [2.75, 3.05) is 0 Å². The van der Waals surface area contributed by atoms with E-state index in [2.05, 4.69) is 164 Å². The van der Waals surface area contributed by atoms with Crippen molar-refractivity contribution < 1.29 is 8.83 Å². The quantitative estimate of drug-likeness (QED) is 0.169. The Morgan fingerprint density at radius 3 is 1.59 bits per heavy atom. The lowest BCUT2D eigenvalue weighted by molar-refractivity contribution is 0.668. The summed E-state index contributed by atoms with van der Waals surface area (Å²) in [5, 5.41) is 19.9. The summed E-state index contributed by atoms with van der Waals surface area (Å²) in [6.45, 7) is 0. The number of furan rings is 2. The van der Waals surface area contributed by atoms with Crippen molar-refractivity contribution >= 4 is 109 Å². The van der Waals surface area contributed by atoms with E-state index in [1.54, 1.807) is 0 Å².